The largest absolute Gasteiger partial charge is 1.00 e. The number of rotatable bonds is 4. The summed E-state index contributed by atoms with van der Waals surface area (Å²) in [7, 11) is 0. The van der Waals surface area contributed by atoms with E-state index in [9.17, 15) is 0 Å². The zero-order chi connectivity index (χ0) is 13.1. The minimum absolute atomic E-state index is 0. The van der Waals surface area contributed by atoms with Crippen molar-refractivity contribution in [1.82, 2.24) is 0 Å². The fourth-order valence-electron chi connectivity index (χ4n) is 3.01. The van der Waals surface area contributed by atoms with E-state index in [1.54, 1.807) is 22.3 Å². The maximum atomic E-state index is 2.51. The number of halogens is 2. The van der Waals surface area contributed by atoms with E-state index in [1.165, 1.54) is 25.7 Å². The second-order valence-electron chi connectivity index (χ2n) is 5.25. The predicted molar refractivity (Wildman–Crippen MR) is 78.6 cm³/mol. The minimum atomic E-state index is -0.239. The molecule has 0 aromatic rings. The van der Waals surface area contributed by atoms with Gasteiger partial charge in [-0.05, 0) is 0 Å². The summed E-state index contributed by atoms with van der Waals surface area (Å²) in [6, 6.07) is 0. The van der Waals surface area contributed by atoms with Crippen LogP contribution in [0.4, 0.5) is 0 Å². The van der Waals surface area contributed by atoms with Crippen LogP contribution in [-0.2, 0) is 21.9 Å². The smallest absolute Gasteiger partial charge is 1.00 e. The summed E-state index contributed by atoms with van der Waals surface area (Å²) < 4.78 is 1.93. The number of hydrogen-bond acceptors (Lipinski definition) is 0. The molecule has 2 aliphatic carbocycles. The van der Waals surface area contributed by atoms with Gasteiger partial charge in [-0.2, -0.15) is 0 Å². The summed E-state index contributed by atoms with van der Waals surface area (Å²) in [5.74, 6) is 0. The molecule has 0 saturated heterocycles. The van der Waals surface area contributed by atoms with E-state index in [2.05, 4.69) is 45.2 Å². The third kappa shape index (κ3) is 4.57. The van der Waals surface area contributed by atoms with Gasteiger partial charge in [0.15, 0.2) is 0 Å². The Morgan fingerprint density at radius 3 is 2.20 bits per heavy atom. The van der Waals surface area contributed by atoms with Crippen LogP contribution in [0.25, 0.3) is 0 Å². The van der Waals surface area contributed by atoms with E-state index < -0.39 is 0 Å². The van der Waals surface area contributed by atoms with Crippen molar-refractivity contribution in [3.05, 3.63) is 43.8 Å². The van der Waals surface area contributed by atoms with Crippen LogP contribution in [0.15, 0.2) is 43.8 Å². The second-order valence-corrected chi connectivity index (χ2v) is 18.2. The Morgan fingerprint density at radius 2 is 1.75 bits per heavy atom. The molecule has 20 heavy (non-hydrogen) atoms. The molecule has 0 N–H and O–H groups in total. The quantitative estimate of drug-likeness (QED) is 0.526. The Labute approximate surface area is 147 Å². The summed E-state index contributed by atoms with van der Waals surface area (Å²) in [6.07, 6.45) is 11.9. The fraction of sp³-hybridized carbons (Fsp3) is 0.500. The Balaban J connectivity index is 0.00000180. The molecule has 0 radical (unpaired) electrons. The van der Waals surface area contributed by atoms with Crippen LogP contribution in [-0.4, -0.2) is 5.43 Å². The summed E-state index contributed by atoms with van der Waals surface area (Å²) in [4.78, 5) is 0. The summed E-state index contributed by atoms with van der Waals surface area (Å²) in [5.41, 5.74) is 6.82. The first-order valence-corrected chi connectivity index (χ1v) is 14.5. The average Bonchev–Trinajstić information content (AvgIpc) is 2.93. The topological polar surface area (TPSA) is 0 Å². The van der Waals surface area contributed by atoms with Crippen LogP contribution >= 0.6 is 0 Å². The summed E-state index contributed by atoms with van der Waals surface area (Å²) in [6.45, 7) is 9.71. The summed E-state index contributed by atoms with van der Waals surface area (Å²) >= 11 is -0.239. The Hall–Kier alpha value is 0.640. The Kier molecular flexibility index (Phi) is 9.92. The van der Waals surface area contributed by atoms with Gasteiger partial charge >= 0.3 is 124 Å². The number of allylic oxidation sites excluding steroid dienone is 8. The van der Waals surface area contributed by atoms with E-state index >= 15 is 0 Å². The van der Waals surface area contributed by atoms with Crippen LogP contribution in [0.1, 0.15) is 39.5 Å². The van der Waals surface area contributed by atoms with Crippen molar-refractivity contribution in [3.63, 3.8) is 0 Å². The Bertz CT molecular complexity index is 507. The van der Waals surface area contributed by atoms with Gasteiger partial charge in [0.05, 0.1) is 0 Å². The van der Waals surface area contributed by atoms with E-state index in [0.717, 1.165) is 0 Å². The van der Waals surface area contributed by atoms with Gasteiger partial charge in [-0.1, -0.05) is 0 Å². The third-order valence-electron chi connectivity index (χ3n) is 3.71. The maximum Gasteiger partial charge on any atom is -1.00 e. The van der Waals surface area contributed by atoms with E-state index in [-0.39, 0.29) is 52.1 Å². The van der Waals surface area contributed by atoms with Crippen molar-refractivity contribution in [2.24, 2.45) is 0 Å². The van der Waals surface area contributed by atoms with Gasteiger partial charge in [0.1, 0.15) is 0 Å². The van der Waals surface area contributed by atoms with E-state index in [1.807, 2.05) is 3.28 Å². The van der Waals surface area contributed by atoms with Crippen LogP contribution in [0, 0.1) is 0 Å². The summed E-state index contributed by atoms with van der Waals surface area (Å²) in [5, 5.41) is 0. The normalized spacial score (nSPS) is 16.7. The van der Waals surface area contributed by atoms with Gasteiger partial charge in [-0.3, -0.25) is 0 Å². The molecule has 0 fully saturated rings. The molecule has 0 spiro atoms. The monoisotopic (exact) mass is 403 g/mol. The minimum Gasteiger partial charge on any atom is -1.00 e. The zero-order valence-electron chi connectivity index (χ0n) is 12.8. The fourth-order valence-corrected chi connectivity index (χ4v) is 11.3. The molecule has 2 aliphatic rings. The molecule has 2 rings (SSSR count). The van der Waals surface area contributed by atoms with Crippen molar-refractivity contribution >= 4 is 5.43 Å². The third-order valence-corrected chi connectivity index (χ3v) is 11.6. The van der Waals surface area contributed by atoms with Crippen LogP contribution in [0.2, 0.25) is 13.1 Å². The molecule has 0 aliphatic heterocycles. The molecular formula is C16H23Cl2SiZr. The van der Waals surface area contributed by atoms with Crippen molar-refractivity contribution < 1.29 is 46.7 Å². The molecule has 0 aromatic heterocycles. The predicted octanol–water partition coefficient (Wildman–Crippen LogP) is -1.01. The molecule has 0 amide bonds. The maximum absolute atomic E-state index is 2.51. The molecular weight excluding hydrogens is 382 g/mol. The average molecular weight is 406 g/mol. The first-order valence-electron chi connectivity index (χ1n) is 7.05. The van der Waals surface area contributed by atoms with Crippen LogP contribution in [0.3, 0.4) is 0 Å². The van der Waals surface area contributed by atoms with Gasteiger partial charge in [-0.25, -0.2) is 0 Å². The first kappa shape index (κ1) is 20.6. The van der Waals surface area contributed by atoms with Gasteiger partial charge in [0.25, 0.3) is 0 Å². The Morgan fingerprint density at radius 1 is 1.10 bits per heavy atom. The molecule has 0 unspecified atom stereocenters. The molecule has 0 bridgehead atoms. The number of hydrogen-bond donors (Lipinski definition) is 0. The zero-order valence-corrected chi connectivity index (χ0v) is 17.8. The second kappa shape index (κ2) is 9.62. The molecule has 0 atom stereocenters. The van der Waals surface area contributed by atoms with E-state index in [0.29, 0.717) is 0 Å². The van der Waals surface area contributed by atoms with Crippen LogP contribution < -0.4 is 24.8 Å². The van der Waals surface area contributed by atoms with Crippen molar-refractivity contribution in [2.75, 3.05) is 0 Å². The van der Waals surface area contributed by atoms with Crippen molar-refractivity contribution in [3.8, 4) is 0 Å². The van der Waals surface area contributed by atoms with Crippen molar-refractivity contribution in [1.29, 1.82) is 0 Å². The molecule has 0 heterocycles. The van der Waals surface area contributed by atoms with Crippen molar-refractivity contribution in [2.45, 2.75) is 52.6 Å². The molecule has 4 heteroatoms. The van der Waals surface area contributed by atoms with Gasteiger partial charge in [0.2, 0.25) is 0 Å². The van der Waals surface area contributed by atoms with Gasteiger partial charge in [0, 0.05) is 0 Å². The standard InChI is InChI=1S/C14H17.C2H6Si.2ClH.Zr/c1-3-11-9-10-14(13(11)4-2)12-7-5-6-8-12;1-3-2;;;/h5-7H,3-4,8,10H2,1-2H3;1-2H3;2*1H;/q;;;;+2/p-2. The molecule has 0 nitrogen and oxygen atoms in total. The van der Waals surface area contributed by atoms with Crippen LogP contribution in [0.5, 0.6) is 0 Å². The van der Waals surface area contributed by atoms with Gasteiger partial charge in [-0.15, -0.1) is 0 Å². The molecule has 109 valence electrons. The van der Waals surface area contributed by atoms with E-state index in [4.69, 9.17) is 0 Å². The van der Waals surface area contributed by atoms with Gasteiger partial charge < -0.3 is 24.8 Å². The molecule has 0 saturated carbocycles. The molecule has 0 aromatic carbocycles. The SMILES string of the molecule is CCC1=[C]([Zr+2]=[Si](C)C)CC(C2=CC=CC2)=C1CC.[Cl-].[Cl-]. The first-order chi connectivity index (χ1) is 8.67.